The number of benzene rings is 2. The van der Waals surface area contributed by atoms with Gasteiger partial charge in [0.05, 0.1) is 0 Å². The zero-order chi connectivity index (χ0) is 13.3. The summed E-state index contributed by atoms with van der Waals surface area (Å²) in [5, 5.41) is 20.3. The van der Waals surface area contributed by atoms with Crippen molar-refractivity contribution < 1.29 is 15.0 Å². The number of nitrogens with two attached hydrogens (primary N) is 1. The van der Waals surface area contributed by atoms with E-state index in [-0.39, 0.29) is 12.2 Å². The van der Waals surface area contributed by atoms with Crippen LogP contribution in [-0.4, -0.2) is 21.7 Å². The molecule has 0 radical (unpaired) electrons. The molecule has 0 aliphatic carbocycles. The average molecular weight is 245 g/mol. The highest BCUT2D eigenvalue weighted by atomic mass is 16.4. The molecule has 0 heterocycles. The number of phenols is 1. The van der Waals surface area contributed by atoms with Gasteiger partial charge in [0.2, 0.25) is 0 Å². The van der Waals surface area contributed by atoms with Crippen molar-refractivity contribution in [2.75, 3.05) is 0 Å². The number of phenolic OH excluding ortho intramolecular Hbond substituents is 1. The summed E-state index contributed by atoms with van der Waals surface area (Å²) in [6.45, 7) is 1.48. The molecule has 1 atom stereocenters. The summed E-state index contributed by atoms with van der Waals surface area (Å²) >= 11 is 0. The summed E-state index contributed by atoms with van der Waals surface area (Å²) in [5.74, 6) is -0.858. The molecule has 0 fully saturated rings. The van der Waals surface area contributed by atoms with Crippen molar-refractivity contribution in [1.82, 2.24) is 0 Å². The molecule has 2 aromatic rings. The van der Waals surface area contributed by atoms with Crippen LogP contribution in [0.15, 0.2) is 36.4 Å². The van der Waals surface area contributed by atoms with E-state index in [2.05, 4.69) is 0 Å². The molecule has 0 spiro atoms. The van der Waals surface area contributed by atoms with Crippen molar-refractivity contribution in [2.24, 2.45) is 5.73 Å². The summed E-state index contributed by atoms with van der Waals surface area (Å²) in [6, 6.07) is 10.6. The zero-order valence-electron chi connectivity index (χ0n) is 10.1. The van der Waals surface area contributed by atoms with Gasteiger partial charge in [-0.2, -0.15) is 0 Å². The predicted molar refractivity (Wildman–Crippen MR) is 69.5 cm³/mol. The Bertz CT molecular complexity index is 605. The number of hydrogen-bond donors (Lipinski definition) is 3. The molecule has 0 saturated heterocycles. The lowest BCUT2D eigenvalue weighted by atomic mass is 9.91. The van der Waals surface area contributed by atoms with E-state index in [0.717, 1.165) is 10.9 Å². The molecule has 1 unspecified atom stereocenters. The van der Waals surface area contributed by atoms with Gasteiger partial charge in [-0.05, 0) is 23.9 Å². The Morgan fingerprint density at radius 2 is 1.83 bits per heavy atom. The molecule has 0 saturated carbocycles. The molecule has 2 rings (SSSR count). The Kier molecular flexibility index (Phi) is 2.97. The van der Waals surface area contributed by atoms with Crippen molar-refractivity contribution >= 4 is 16.7 Å². The van der Waals surface area contributed by atoms with Gasteiger partial charge in [0.1, 0.15) is 11.3 Å². The van der Waals surface area contributed by atoms with Crippen molar-refractivity contribution in [3.05, 3.63) is 42.0 Å². The van der Waals surface area contributed by atoms with Crippen LogP contribution in [-0.2, 0) is 11.2 Å². The van der Waals surface area contributed by atoms with E-state index in [1.54, 1.807) is 18.2 Å². The van der Waals surface area contributed by atoms with E-state index in [4.69, 9.17) is 10.8 Å². The highest BCUT2D eigenvalue weighted by Crippen LogP contribution is 2.29. The first-order valence-corrected chi connectivity index (χ1v) is 5.64. The van der Waals surface area contributed by atoms with Crippen LogP contribution in [0.1, 0.15) is 12.5 Å². The summed E-state index contributed by atoms with van der Waals surface area (Å²) in [7, 11) is 0. The largest absolute Gasteiger partial charge is 0.507 e. The van der Waals surface area contributed by atoms with Crippen LogP contribution in [0, 0.1) is 0 Å². The van der Waals surface area contributed by atoms with E-state index in [1.807, 2.05) is 18.2 Å². The number of hydrogen-bond acceptors (Lipinski definition) is 3. The molecule has 0 aromatic heterocycles. The fourth-order valence-electron chi connectivity index (χ4n) is 1.97. The van der Waals surface area contributed by atoms with Crippen molar-refractivity contribution in [2.45, 2.75) is 18.9 Å². The van der Waals surface area contributed by atoms with Crippen molar-refractivity contribution in [1.29, 1.82) is 0 Å². The van der Waals surface area contributed by atoms with Crippen molar-refractivity contribution in [3.63, 3.8) is 0 Å². The van der Waals surface area contributed by atoms with Gasteiger partial charge in [0.15, 0.2) is 0 Å². The number of fused-ring (bicyclic) bond motifs is 1. The second kappa shape index (κ2) is 4.31. The molecular formula is C14H15NO3. The second-order valence-corrected chi connectivity index (χ2v) is 4.69. The smallest absolute Gasteiger partial charge is 0.323 e. The molecule has 0 aliphatic rings. The highest BCUT2D eigenvalue weighted by molar-refractivity contribution is 5.91. The maximum absolute atomic E-state index is 11.1. The molecule has 2 aromatic carbocycles. The third-order valence-electron chi connectivity index (χ3n) is 3.04. The van der Waals surface area contributed by atoms with Gasteiger partial charge in [-0.1, -0.05) is 30.3 Å². The first-order chi connectivity index (χ1) is 8.42. The Hall–Kier alpha value is -2.07. The zero-order valence-corrected chi connectivity index (χ0v) is 10.1. The van der Waals surface area contributed by atoms with Gasteiger partial charge >= 0.3 is 5.97 Å². The molecule has 4 nitrogen and oxygen atoms in total. The standard InChI is InChI=1S/C14H15NO3/c1-14(15,13(17)18)8-9-6-7-12(16)11-5-3-2-4-10(9)11/h2-7,16H,8,15H2,1H3,(H,17,18). The molecular weight excluding hydrogens is 230 g/mol. The minimum absolute atomic E-state index is 0.184. The lowest BCUT2D eigenvalue weighted by Gasteiger charge is -2.20. The monoisotopic (exact) mass is 245 g/mol. The predicted octanol–water partition coefficient (Wildman–Crippen LogP) is 1.89. The van der Waals surface area contributed by atoms with Crippen LogP contribution in [0.4, 0.5) is 0 Å². The quantitative estimate of drug-likeness (QED) is 0.771. The minimum Gasteiger partial charge on any atom is -0.507 e. The topological polar surface area (TPSA) is 83.5 Å². The first kappa shape index (κ1) is 12.4. The molecule has 4 N–H and O–H groups in total. The average Bonchev–Trinajstić information content (AvgIpc) is 2.33. The molecule has 0 bridgehead atoms. The van der Waals surface area contributed by atoms with Crippen LogP contribution < -0.4 is 5.73 Å². The van der Waals surface area contributed by atoms with Gasteiger partial charge in [0, 0.05) is 11.8 Å². The van der Waals surface area contributed by atoms with Crippen LogP contribution >= 0.6 is 0 Å². The van der Waals surface area contributed by atoms with Crippen LogP contribution in [0.2, 0.25) is 0 Å². The number of rotatable bonds is 3. The first-order valence-electron chi connectivity index (χ1n) is 5.64. The Morgan fingerprint density at radius 1 is 1.22 bits per heavy atom. The lowest BCUT2D eigenvalue weighted by Crippen LogP contribution is -2.46. The maximum atomic E-state index is 11.1. The van der Waals surface area contributed by atoms with Gasteiger partial charge in [0.25, 0.3) is 0 Å². The van der Waals surface area contributed by atoms with Gasteiger partial charge < -0.3 is 15.9 Å². The molecule has 0 aliphatic heterocycles. The maximum Gasteiger partial charge on any atom is 0.323 e. The van der Waals surface area contributed by atoms with E-state index in [1.165, 1.54) is 6.92 Å². The number of carbonyl (C=O) groups is 1. The normalized spacial score (nSPS) is 14.3. The van der Waals surface area contributed by atoms with Gasteiger partial charge in [-0.25, -0.2) is 0 Å². The Balaban J connectivity index is 2.53. The van der Waals surface area contributed by atoms with Gasteiger partial charge in [-0.15, -0.1) is 0 Å². The minimum atomic E-state index is -1.32. The van der Waals surface area contributed by atoms with E-state index in [0.29, 0.717) is 5.39 Å². The van der Waals surface area contributed by atoms with Crippen LogP contribution in [0.5, 0.6) is 5.75 Å². The molecule has 0 amide bonds. The third kappa shape index (κ3) is 2.15. The highest BCUT2D eigenvalue weighted by Gasteiger charge is 2.28. The second-order valence-electron chi connectivity index (χ2n) is 4.69. The number of carboxylic acid groups (broad SMARTS) is 1. The van der Waals surface area contributed by atoms with Gasteiger partial charge in [-0.3, -0.25) is 4.79 Å². The number of carboxylic acids is 1. The fourth-order valence-corrected chi connectivity index (χ4v) is 1.97. The van der Waals surface area contributed by atoms with E-state index >= 15 is 0 Å². The lowest BCUT2D eigenvalue weighted by molar-refractivity contribution is -0.142. The van der Waals surface area contributed by atoms with Crippen LogP contribution in [0.25, 0.3) is 10.8 Å². The van der Waals surface area contributed by atoms with E-state index in [9.17, 15) is 9.90 Å². The summed E-state index contributed by atoms with van der Waals surface area (Å²) in [4.78, 5) is 11.1. The Morgan fingerprint density at radius 3 is 2.44 bits per heavy atom. The summed E-state index contributed by atoms with van der Waals surface area (Å²) in [5.41, 5.74) is 5.25. The van der Waals surface area contributed by atoms with Crippen LogP contribution in [0.3, 0.4) is 0 Å². The molecule has 18 heavy (non-hydrogen) atoms. The third-order valence-corrected chi connectivity index (χ3v) is 3.04. The summed E-state index contributed by atoms with van der Waals surface area (Å²) in [6.07, 6.45) is 0.211. The van der Waals surface area contributed by atoms with E-state index < -0.39 is 11.5 Å². The van der Waals surface area contributed by atoms with Crippen molar-refractivity contribution in [3.8, 4) is 5.75 Å². The molecule has 94 valence electrons. The fraction of sp³-hybridized carbons (Fsp3) is 0.214. The SMILES string of the molecule is CC(N)(Cc1ccc(O)c2ccccc12)C(=O)O. The number of aromatic hydroxyl groups is 1. The summed E-state index contributed by atoms with van der Waals surface area (Å²) < 4.78 is 0. The Labute approximate surface area is 105 Å². The number of aliphatic carboxylic acids is 1. The molecule has 4 heteroatoms.